The highest BCUT2D eigenvalue weighted by Gasteiger charge is 2.10. The molecule has 0 aliphatic carbocycles. The number of anilines is 1. The van der Waals surface area contributed by atoms with Crippen LogP contribution in [0.5, 0.6) is 5.75 Å². The first-order valence-corrected chi connectivity index (χ1v) is 6.47. The van der Waals surface area contributed by atoms with E-state index < -0.39 is 15.8 Å². The Kier molecular flexibility index (Phi) is 4.12. The molecule has 0 bridgehead atoms. The van der Waals surface area contributed by atoms with Crippen LogP contribution in [0.4, 0.5) is 10.1 Å². The Morgan fingerprint density at radius 2 is 2.12 bits per heavy atom. The molecule has 0 fully saturated rings. The van der Waals surface area contributed by atoms with E-state index in [-0.39, 0.29) is 11.5 Å². The highest BCUT2D eigenvalue weighted by molar-refractivity contribution is 7.92. The standard InChI is InChI=1S/C10H14FNO3S/c1-3-6-16(13,14)12-8-4-5-9(11)10(7-8)15-2/h4-5,7,12H,3,6H2,1-2H3. The maximum absolute atomic E-state index is 13.0. The van der Waals surface area contributed by atoms with Gasteiger partial charge in [-0.1, -0.05) is 6.92 Å². The molecule has 0 radical (unpaired) electrons. The summed E-state index contributed by atoms with van der Waals surface area (Å²) in [6.07, 6.45) is 0.521. The first-order valence-electron chi connectivity index (χ1n) is 4.82. The summed E-state index contributed by atoms with van der Waals surface area (Å²) in [6.45, 7) is 1.77. The van der Waals surface area contributed by atoms with Gasteiger partial charge in [0.25, 0.3) is 0 Å². The lowest BCUT2D eigenvalue weighted by atomic mass is 10.3. The molecule has 16 heavy (non-hydrogen) atoms. The Balaban J connectivity index is 2.90. The van der Waals surface area contributed by atoms with Crippen molar-refractivity contribution in [3.05, 3.63) is 24.0 Å². The number of rotatable bonds is 5. The molecular weight excluding hydrogens is 233 g/mol. The van der Waals surface area contributed by atoms with Gasteiger partial charge < -0.3 is 4.74 Å². The molecule has 0 saturated heterocycles. The fourth-order valence-corrected chi connectivity index (χ4v) is 2.35. The number of hydrogen-bond donors (Lipinski definition) is 1. The SMILES string of the molecule is CCCS(=O)(=O)Nc1ccc(F)c(OC)c1. The van der Waals surface area contributed by atoms with E-state index in [1.54, 1.807) is 6.92 Å². The molecule has 1 aromatic rings. The summed E-state index contributed by atoms with van der Waals surface area (Å²) in [5, 5.41) is 0. The van der Waals surface area contributed by atoms with E-state index in [9.17, 15) is 12.8 Å². The number of nitrogens with one attached hydrogen (secondary N) is 1. The summed E-state index contributed by atoms with van der Waals surface area (Å²) in [4.78, 5) is 0. The van der Waals surface area contributed by atoms with Gasteiger partial charge in [0.1, 0.15) is 0 Å². The van der Waals surface area contributed by atoms with Gasteiger partial charge >= 0.3 is 0 Å². The van der Waals surface area contributed by atoms with Crippen LogP contribution >= 0.6 is 0 Å². The molecule has 0 heterocycles. The van der Waals surface area contributed by atoms with Crippen LogP contribution in [-0.4, -0.2) is 21.3 Å². The zero-order valence-corrected chi connectivity index (χ0v) is 9.97. The van der Waals surface area contributed by atoms with Crippen LogP contribution in [0.1, 0.15) is 13.3 Å². The molecule has 0 unspecified atom stereocenters. The predicted molar refractivity (Wildman–Crippen MR) is 60.7 cm³/mol. The molecule has 1 aromatic carbocycles. The summed E-state index contributed by atoms with van der Waals surface area (Å²) in [7, 11) is -2.03. The minimum atomic E-state index is -3.35. The van der Waals surface area contributed by atoms with Crippen molar-refractivity contribution in [3.8, 4) is 5.75 Å². The Bertz CT molecular complexity index is 459. The molecule has 1 N–H and O–H groups in total. The number of hydrogen-bond acceptors (Lipinski definition) is 3. The minimum absolute atomic E-state index is 0.0108. The summed E-state index contributed by atoms with van der Waals surface area (Å²) in [6, 6.07) is 3.82. The average molecular weight is 247 g/mol. The van der Waals surface area contributed by atoms with E-state index in [0.29, 0.717) is 12.1 Å². The smallest absolute Gasteiger partial charge is 0.232 e. The molecule has 0 amide bonds. The Hall–Kier alpha value is -1.30. The fraction of sp³-hybridized carbons (Fsp3) is 0.400. The van der Waals surface area contributed by atoms with Crippen LogP contribution in [-0.2, 0) is 10.0 Å². The van der Waals surface area contributed by atoms with Crippen molar-refractivity contribution in [1.29, 1.82) is 0 Å². The van der Waals surface area contributed by atoms with Crippen LogP contribution in [0.15, 0.2) is 18.2 Å². The van der Waals surface area contributed by atoms with E-state index >= 15 is 0 Å². The monoisotopic (exact) mass is 247 g/mol. The van der Waals surface area contributed by atoms with Crippen molar-refractivity contribution in [3.63, 3.8) is 0 Å². The number of ether oxygens (including phenoxy) is 1. The van der Waals surface area contributed by atoms with Gasteiger partial charge in [0.15, 0.2) is 11.6 Å². The Morgan fingerprint density at radius 1 is 1.44 bits per heavy atom. The van der Waals surface area contributed by atoms with Gasteiger partial charge in [0.2, 0.25) is 10.0 Å². The molecule has 0 atom stereocenters. The third-order valence-electron chi connectivity index (χ3n) is 1.90. The van der Waals surface area contributed by atoms with Crippen LogP contribution in [0, 0.1) is 5.82 Å². The fourth-order valence-electron chi connectivity index (χ4n) is 1.22. The van der Waals surface area contributed by atoms with Gasteiger partial charge in [0.05, 0.1) is 18.6 Å². The minimum Gasteiger partial charge on any atom is -0.494 e. The molecule has 0 aliphatic rings. The molecule has 0 spiro atoms. The number of sulfonamides is 1. The zero-order valence-electron chi connectivity index (χ0n) is 9.16. The van der Waals surface area contributed by atoms with Crippen LogP contribution in [0.2, 0.25) is 0 Å². The number of halogens is 1. The maximum Gasteiger partial charge on any atom is 0.232 e. The lowest BCUT2D eigenvalue weighted by Gasteiger charge is -2.08. The lowest BCUT2D eigenvalue weighted by Crippen LogP contribution is -2.16. The zero-order chi connectivity index (χ0) is 12.2. The normalized spacial score (nSPS) is 11.2. The number of benzene rings is 1. The molecule has 4 nitrogen and oxygen atoms in total. The topological polar surface area (TPSA) is 55.4 Å². The number of methoxy groups -OCH3 is 1. The summed E-state index contributed by atoms with van der Waals surface area (Å²) in [5.41, 5.74) is 0.298. The van der Waals surface area contributed by atoms with Crippen LogP contribution < -0.4 is 9.46 Å². The molecule has 0 aromatic heterocycles. The van der Waals surface area contributed by atoms with E-state index in [2.05, 4.69) is 4.72 Å². The van der Waals surface area contributed by atoms with E-state index in [1.165, 1.54) is 19.2 Å². The van der Waals surface area contributed by atoms with Crippen LogP contribution in [0.25, 0.3) is 0 Å². The molecule has 6 heteroatoms. The van der Waals surface area contributed by atoms with Gasteiger partial charge in [-0.25, -0.2) is 12.8 Å². The van der Waals surface area contributed by atoms with E-state index in [0.717, 1.165) is 6.07 Å². The van der Waals surface area contributed by atoms with Crippen molar-refractivity contribution in [2.24, 2.45) is 0 Å². The van der Waals surface area contributed by atoms with E-state index in [1.807, 2.05) is 0 Å². The third-order valence-corrected chi connectivity index (χ3v) is 3.39. The van der Waals surface area contributed by atoms with E-state index in [4.69, 9.17) is 4.74 Å². The predicted octanol–water partition coefficient (Wildman–Crippen LogP) is 1.99. The second kappa shape index (κ2) is 5.16. The Labute approximate surface area is 94.5 Å². The van der Waals surface area contributed by atoms with Crippen molar-refractivity contribution < 1.29 is 17.5 Å². The molecule has 0 saturated carbocycles. The quantitative estimate of drug-likeness (QED) is 0.865. The van der Waals surface area contributed by atoms with Crippen molar-refractivity contribution in [2.45, 2.75) is 13.3 Å². The average Bonchev–Trinajstić information content (AvgIpc) is 2.20. The van der Waals surface area contributed by atoms with Gasteiger partial charge in [-0.2, -0.15) is 0 Å². The summed E-state index contributed by atoms with van der Waals surface area (Å²) < 4.78 is 43.0. The lowest BCUT2D eigenvalue weighted by molar-refractivity contribution is 0.387. The largest absolute Gasteiger partial charge is 0.494 e. The second-order valence-electron chi connectivity index (χ2n) is 3.27. The summed E-state index contributed by atoms with van der Waals surface area (Å²) >= 11 is 0. The third kappa shape index (κ3) is 3.37. The van der Waals surface area contributed by atoms with Crippen molar-refractivity contribution in [1.82, 2.24) is 0 Å². The maximum atomic E-state index is 13.0. The Morgan fingerprint density at radius 3 is 2.69 bits per heavy atom. The van der Waals surface area contributed by atoms with Gasteiger partial charge in [-0.3, -0.25) is 4.72 Å². The molecule has 90 valence electrons. The molecule has 0 aliphatic heterocycles. The summed E-state index contributed by atoms with van der Waals surface area (Å²) in [5.74, 6) is -0.482. The highest BCUT2D eigenvalue weighted by Crippen LogP contribution is 2.22. The molecule has 1 rings (SSSR count). The van der Waals surface area contributed by atoms with Crippen molar-refractivity contribution in [2.75, 3.05) is 17.6 Å². The van der Waals surface area contributed by atoms with Gasteiger partial charge in [-0.05, 0) is 18.6 Å². The molecular formula is C10H14FNO3S. The highest BCUT2D eigenvalue weighted by atomic mass is 32.2. The van der Waals surface area contributed by atoms with Crippen molar-refractivity contribution >= 4 is 15.7 Å². The van der Waals surface area contributed by atoms with Gasteiger partial charge in [0, 0.05) is 6.07 Å². The van der Waals surface area contributed by atoms with Gasteiger partial charge in [-0.15, -0.1) is 0 Å². The second-order valence-corrected chi connectivity index (χ2v) is 5.11. The first kappa shape index (κ1) is 12.8. The van der Waals surface area contributed by atoms with Crippen LogP contribution in [0.3, 0.4) is 0 Å². The first-order chi connectivity index (χ1) is 7.48.